The molecule has 2 aromatic rings. The Labute approximate surface area is 90.7 Å². The lowest BCUT2D eigenvalue weighted by Crippen LogP contribution is -1.88. The van der Waals surface area contributed by atoms with Gasteiger partial charge in [0.2, 0.25) is 5.89 Å². The second-order valence-corrected chi connectivity index (χ2v) is 4.24. The van der Waals surface area contributed by atoms with Crippen LogP contribution in [0.15, 0.2) is 21.9 Å². The molecule has 14 heavy (non-hydrogen) atoms. The molecule has 2 rings (SSSR count). The molecule has 2 aromatic heterocycles. The smallest absolute Gasteiger partial charge is 0.312 e. The number of rotatable bonds is 4. The van der Waals surface area contributed by atoms with E-state index in [9.17, 15) is 0 Å². The van der Waals surface area contributed by atoms with Gasteiger partial charge in [-0.1, -0.05) is 11.2 Å². The van der Waals surface area contributed by atoms with E-state index in [1.54, 1.807) is 11.3 Å². The van der Waals surface area contributed by atoms with E-state index < -0.39 is 0 Å². The third kappa shape index (κ3) is 2.56. The molecule has 5 heteroatoms. The number of hydrogen-bond acceptors (Lipinski definition) is 4. The highest BCUT2D eigenvalue weighted by Gasteiger charge is 2.03. The first-order valence-electron chi connectivity index (χ1n) is 4.35. The van der Waals surface area contributed by atoms with Crippen LogP contribution in [0, 0.1) is 0 Å². The summed E-state index contributed by atoms with van der Waals surface area (Å²) in [5, 5.41) is 9.58. The van der Waals surface area contributed by atoms with Crippen molar-refractivity contribution in [2.24, 2.45) is 0 Å². The summed E-state index contributed by atoms with van der Waals surface area (Å²) >= 11 is 7.27. The van der Waals surface area contributed by atoms with Crippen LogP contribution >= 0.6 is 22.9 Å². The summed E-state index contributed by atoms with van der Waals surface area (Å²) in [5.74, 6) is 0.617. The lowest BCUT2D eigenvalue weighted by Gasteiger charge is -1.93. The Kier molecular flexibility index (Phi) is 3.16. The van der Waals surface area contributed by atoms with Gasteiger partial charge in [0.1, 0.15) is 0 Å². The summed E-state index contributed by atoms with van der Waals surface area (Å²) < 4.78 is 5.05. The van der Waals surface area contributed by atoms with Crippen LogP contribution < -0.4 is 0 Å². The molecule has 0 aliphatic carbocycles. The number of hydrogen-bond donors (Lipinski definition) is 0. The SMILES string of the molecule is Clc1nnc(CCCc2cccs2)o1. The summed E-state index contributed by atoms with van der Waals surface area (Å²) in [6.07, 6.45) is 2.86. The standard InChI is InChI=1S/C9H9ClN2OS/c10-9-12-11-8(13-9)5-1-3-7-4-2-6-14-7/h2,4,6H,1,3,5H2. The van der Waals surface area contributed by atoms with E-state index in [0.717, 1.165) is 19.3 Å². The summed E-state index contributed by atoms with van der Waals surface area (Å²) in [7, 11) is 0. The Balaban J connectivity index is 1.78. The molecule has 0 aromatic carbocycles. The van der Waals surface area contributed by atoms with E-state index in [-0.39, 0.29) is 5.35 Å². The van der Waals surface area contributed by atoms with Crippen molar-refractivity contribution in [3.05, 3.63) is 33.6 Å². The van der Waals surface area contributed by atoms with Gasteiger partial charge in [0.05, 0.1) is 0 Å². The summed E-state index contributed by atoms with van der Waals surface area (Å²) in [5.41, 5.74) is 0. The highest BCUT2D eigenvalue weighted by molar-refractivity contribution is 7.09. The van der Waals surface area contributed by atoms with Crippen molar-refractivity contribution in [1.82, 2.24) is 10.2 Å². The molecule has 0 saturated heterocycles. The van der Waals surface area contributed by atoms with E-state index in [0.29, 0.717) is 5.89 Å². The minimum absolute atomic E-state index is 0.121. The maximum Gasteiger partial charge on any atom is 0.312 e. The molecule has 0 amide bonds. The van der Waals surface area contributed by atoms with Crippen LogP contribution in [-0.2, 0) is 12.8 Å². The van der Waals surface area contributed by atoms with Gasteiger partial charge in [-0.05, 0) is 35.9 Å². The molecule has 0 saturated carbocycles. The Hall–Kier alpha value is -0.870. The topological polar surface area (TPSA) is 38.9 Å². The van der Waals surface area contributed by atoms with Crippen LogP contribution in [0.2, 0.25) is 5.35 Å². The average Bonchev–Trinajstić information content (AvgIpc) is 2.77. The van der Waals surface area contributed by atoms with Crippen molar-refractivity contribution < 1.29 is 4.42 Å². The fourth-order valence-corrected chi connectivity index (χ4v) is 2.08. The molecule has 3 nitrogen and oxygen atoms in total. The van der Waals surface area contributed by atoms with Crippen molar-refractivity contribution in [3.63, 3.8) is 0 Å². The molecule has 0 bridgehead atoms. The minimum atomic E-state index is 0.121. The number of nitrogens with zero attached hydrogens (tertiary/aromatic N) is 2. The summed E-state index contributed by atoms with van der Waals surface area (Å²) in [6.45, 7) is 0. The minimum Gasteiger partial charge on any atom is -0.412 e. The Morgan fingerprint density at radius 3 is 2.93 bits per heavy atom. The van der Waals surface area contributed by atoms with Crippen LogP contribution in [0.4, 0.5) is 0 Å². The second-order valence-electron chi connectivity index (χ2n) is 2.88. The maximum absolute atomic E-state index is 5.50. The third-order valence-electron chi connectivity index (χ3n) is 1.84. The highest BCUT2D eigenvalue weighted by Crippen LogP contribution is 2.13. The van der Waals surface area contributed by atoms with Crippen LogP contribution in [0.1, 0.15) is 17.2 Å². The third-order valence-corrected chi connectivity index (χ3v) is 2.93. The van der Waals surface area contributed by atoms with E-state index in [1.165, 1.54) is 4.88 Å². The molecule has 74 valence electrons. The summed E-state index contributed by atoms with van der Waals surface area (Å²) in [4.78, 5) is 1.38. The van der Waals surface area contributed by atoms with Crippen molar-refractivity contribution >= 4 is 22.9 Å². The van der Waals surface area contributed by atoms with Gasteiger partial charge in [-0.3, -0.25) is 0 Å². The van der Waals surface area contributed by atoms with Crippen LogP contribution in [0.3, 0.4) is 0 Å². The number of aromatic nitrogens is 2. The fraction of sp³-hybridized carbons (Fsp3) is 0.333. The normalized spacial score (nSPS) is 10.6. The van der Waals surface area contributed by atoms with Crippen LogP contribution in [0.5, 0.6) is 0 Å². The van der Waals surface area contributed by atoms with E-state index in [2.05, 4.69) is 27.7 Å². The van der Waals surface area contributed by atoms with Crippen molar-refractivity contribution in [2.75, 3.05) is 0 Å². The molecule has 0 aliphatic rings. The van der Waals surface area contributed by atoms with Crippen LogP contribution in [-0.4, -0.2) is 10.2 Å². The van der Waals surface area contributed by atoms with Gasteiger partial charge in [-0.25, -0.2) is 0 Å². The fourth-order valence-electron chi connectivity index (χ4n) is 1.20. The van der Waals surface area contributed by atoms with Gasteiger partial charge in [0, 0.05) is 11.3 Å². The number of aryl methyl sites for hydroxylation is 2. The largest absolute Gasteiger partial charge is 0.412 e. The molecule has 0 radical (unpaired) electrons. The van der Waals surface area contributed by atoms with E-state index in [4.69, 9.17) is 16.0 Å². The molecule has 0 fully saturated rings. The Morgan fingerprint density at radius 1 is 1.36 bits per heavy atom. The predicted octanol–water partition coefficient (Wildman–Crippen LogP) is 2.96. The quantitative estimate of drug-likeness (QED) is 0.808. The Morgan fingerprint density at radius 2 is 2.29 bits per heavy atom. The first kappa shape index (κ1) is 9.68. The van der Waals surface area contributed by atoms with Gasteiger partial charge >= 0.3 is 5.35 Å². The predicted molar refractivity (Wildman–Crippen MR) is 55.7 cm³/mol. The first-order valence-corrected chi connectivity index (χ1v) is 5.60. The molecule has 0 aliphatic heterocycles. The monoisotopic (exact) mass is 228 g/mol. The molecule has 2 heterocycles. The zero-order valence-electron chi connectivity index (χ0n) is 7.44. The zero-order chi connectivity index (χ0) is 9.80. The Bertz CT molecular complexity index is 385. The lowest BCUT2D eigenvalue weighted by molar-refractivity contribution is 0.488. The molecular formula is C9H9ClN2OS. The van der Waals surface area contributed by atoms with Gasteiger partial charge in [0.25, 0.3) is 0 Å². The molecule has 0 unspecified atom stereocenters. The molecule has 0 N–H and O–H groups in total. The highest BCUT2D eigenvalue weighted by atomic mass is 35.5. The van der Waals surface area contributed by atoms with Crippen LogP contribution in [0.25, 0.3) is 0 Å². The first-order chi connectivity index (χ1) is 6.84. The van der Waals surface area contributed by atoms with Crippen molar-refractivity contribution in [2.45, 2.75) is 19.3 Å². The van der Waals surface area contributed by atoms with Gasteiger partial charge in [0.15, 0.2) is 0 Å². The molecule has 0 spiro atoms. The van der Waals surface area contributed by atoms with Crippen molar-refractivity contribution in [1.29, 1.82) is 0 Å². The molecular weight excluding hydrogens is 220 g/mol. The average molecular weight is 229 g/mol. The van der Waals surface area contributed by atoms with Gasteiger partial charge in [-0.2, -0.15) is 0 Å². The summed E-state index contributed by atoms with van der Waals surface area (Å²) in [6, 6.07) is 4.19. The molecule has 0 atom stereocenters. The van der Waals surface area contributed by atoms with Gasteiger partial charge < -0.3 is 4.42 Å². The van der Waals surface area contributed by atoms with E-state index in [1.807, 2.05) is 0 Å². The van der Waals surface area contributed by atoms with E-state index >= 15 is 0 Å². The zero-order valence-corrected chi connectivity index (χ0v) is 9.01. The lowest BCUT2D eigenvalue weighted by atomic mass is 10.2. The van der Waals surface area contributed by atoms with Crippen molar-refractivity contribution in [3.8, 4) is 0 Å². The number of halogens is 1. The number of thiophene rings is 1. The maximum atomic E-state index is 5.50. The second kappa shape index (κ2) is 4.57. The van der Waals surface area contributed by atoms with Gasteiger partial charge in [-0.15, -0.1) is 16.4 Å².